The third-order valence-electron chi connectivity index (χ3n) is 4.07. The lowest BCUT2D eigenvalue weighted by atomic mass is 10.1. The number of carbonyl (C=O) groups is 1. The second-order valence-corrected chi connectivity index (χ2v) is 6.06. The summed E-state index contributed by atoms with van der Waals surface area (Å²) in [5.74, 6) is -2.98. The number of para-hydroxylation sites is 1. The fourth-order valence-corrected chi connectivity index (χ4v) is 2.80. The van der Waals surface area contributed by atoms with Crippen LogP contribution in [-0.4, -0.2) is 34.3 Å². The Morgan fingerprint density at radius 2 is 1.81 bits per heavy atom. The summed E-state index contributed by atoms with van der Waals surface area (Å²) in [6.07, 6.45) is 1.11. The first-order chi connectivity index (χ1) is 15.2. The molecule has 1 heterocycles. The minimum Gasteiger partial charge on any atom is -0.478 e. The number of rotatable bonds is 7. The van der Waals surface area contributed by atoms with Gasteiger partial charge in [-0.05, 0) is 35.9 Å². The highest BCUT2D eigenvalue weighted by atomic mass is 19.3. The summed E-state index contributed by atoms with van der Waals surface area (Å²) in [5, 5.41) is 18.8. The van der Waals surface area contributed by atoms with Gasteiger partial charge in [-0.2, -0.15) is 27.8 Å². The Bertz CT molecular complexity index is 1310. The van der Waals surface area contributed by atoms with Crippen LogP contribution in [0.5, 0.6) is 11.5 Å². The first-order valence-electron chi connectivity index (χ1n) is 8.61. The Labute approximate surface area is 176 Å². The fraction of sp³-hybridized carbons (Fsp3) is 0.100. The van der Waals surface area contributed by atoms with Crippen LogP contribution in [0.3, 0.4) is 0 Å². The molecule has 3 aromatic rings. The SMILES string of the molecule is N#C/C(=C\c1ccc(OC(F)F)c(OC(F)F)c1)c1nc(=O)c2cccc(C(=O)O)c2[nH]1. The molecule has 0 saturated carbocycles. The molecular formula is C20H11F4N3O5. The molecule has 1 aromatic heterocycles. The van der Waals surface area contributed by atoms with Crippen molar-refractivity contribution in [2.24, 2.45) is 0 Å². The Kier molecular flexibility index (Phi) is 6.39. The van der Waals surface area contributed by atoms with Crippen molar-refractivity contribution >= 4 is 28.5 Å². The van der Waals surface area contributed by atoms with Gasteiger partial charge in [0, 0.05) is 0 Å². The van der Waals surface area contributed by atoms with E-state index in [-0.39, 0.29) is 33.4 Å². The summed E-state index contributed by atoms with van der Waals surface area (Å²) < 4.78 is 58.5. The van der Waals surface area contributed by atoms with E-state index in [9.17, 15) is 37.5 Å². The van der Waals surface area contributed by atoms with Gasteiger partial charge in [-0.25, -0.2) is 4.79 Å². The number of aromatic nitrogens is 2. The van der Waals surface area contributed by atoms with Crippen LogP contribution in [0.15, 0.2) is 41.2 Å². The van der Waals surface area contributed by atoms with Crippen LogP contribution in [0.4, 0.5) is 17.6 Å². The molecular weight excluding hydrogens is 438 g/mol. The molecule has 0 aliphatic rings. The zero-order valence-electron chi connectivity index (χ0n) is 15.7. The predicted octanol–water partition coefficient (Wildman–Crippen LogP) is 3.89. The van der Waals surface area contributed by atoms with E-state index in [1.807, 2.05) is 0 Å². The van der Waals surface area contributed by atoms with Crippen molar-refractivity contribution < 1.29 is 36.9 Å². The molecule has 2 aromatic carbocycles. The number of carboxylic acids is 1. The highest BCUT2D eigenvalue weighted by molar-refractivity contribution is 6.02. The van der Waals surface area contributed by atoms with Crippen molar-refractivity contribution in [1.82, 2.24) is 9.97 Å². The molecule has 0 saturated heterocycles. The highest BCUT2D eigenvalue weighted by Crippen LogP contribution is 2.32. The van der Waals surface area contributed by atoms with E-state index in [0.29, 0.717) is 0 Å². The number of carboxylic acid groups (broad SMARTS) is 1. The quantitative estimate of drug-likeness (QED) is 0.414. The number of nitriles is 1. The summed E-state index contributed by atoms with van der Waals surface area (Å²) in [6, 6.07) is 8.74. The third-order valence-corrected chi connectivity index (χ3v) is 4.07. The second kappa shape index (κ2) is 9.17. The Hall–Kier alpha value is -4.40. The van der Waals surface area contributed by atoms with Gasteiger partial charge in [0.2, 0.25) is 0 Å². The van der Waals surface area contributed by atoms with Crippen molar-refractivity contribution in [3.05, 3.63) is 63.7 Å². The van der Waals surface area contributed by atoms with Gasteiger partial charge in [0.1, 0.15) is 6.07 Å². The Morgan fingerprint density at radius 1 is 1.12 bits per heavy atom. The molecule has 2 N–H and O–H groups in total. The summed E-state index contributed by atoms with van der Waals surface area (Å²) in [7, 11) is 0. The number of alkyl halides is 4. The molecule has 0 fully saturated rings. The van der Waals surface area contributed by atoms with Gasteiger partial charge in [0.15, 0.2) is 17.3 Å². The molecule has 0 radical (unpaired) electrons. The van der Waals surface area contributed by atoms with Crippen molar-refractivity contribution in [3.63, 3.8) is 0 Å². The van der Waals surface area contributed by atoms with Crippen LogP contribution in [-0.2, 0) is 0 Å². The van der Waals surface area contributed by atoms with E-state index in [4.69, 9.17) is 0 Å². The number of allylic oxidation sites excluding steroid dienone is 1. The van der Waals surface area contributed by atoms with Crippen molar-refractivity contribution in [2.45, 2.75) is 13.2 Å². The number of nitrogens with zero attached hydrogens (tertiary/aromatic N) is 2. The maximum absolute atomic E-state index is 12.6. The lowest BCUT2D eigenvalue weighted by molar-refractivity contribution is -0.0692. The van der Waals surface area contributed by atoms with E-state index < -0.39 is 36.3 Å². The van der Waals surface area contributed by atoms with Gasteiger partial charge in [-0.15, -0.1) is 0 Å². The highest BCUT2D eigenvalue weighted by Gasteiger charge is 2.17. The maximum atomic E-state index is 12.6. The molecule has 0 unspecified atom stereocenters. The van der Waals surface area contributed by atoms with Gasteiger partial charge in [0.05, 0.1) is 22.0 Å². The average molecular weight is 449 g/mol. The van der Waals surface area contributed by atoms with Crippen LogP contribution >= 0.6 is 0 Å². The molecule has 32 heavy (non-hydrogen) atoms. The van der Waals surface area contributed by atoms with Gasteiger partial charge in [-0.3, -0.25) is 4.79 Å². The number of aromatic amines is 1. The van der Waals surface area contributed by atoms with Crippen molar-refractivity contribution in [2.75, 3.05) is 0 Å². The Morgan fingerprint density at radius 3 is 2.44 bits per heavy atom. The number of hydrogen-bond acceptors (Lipinski definition) is 6. The lowest BCUT2D eigenvalue weighted by Gasteiger charge is -2.12. The molecule has 0 aliphatic heterocycles. The molecule has 0 spiro atoms. The van der Waals surface area contributed by atoms with Crippen molar-refractivity contribution in [3.8, 4) is 17.6 Å². The number of fused-ring (bicyclic) bond motifs is 1. The van der Waals surface area contributed by atoms with Crippen LogP contribution < -0.4 is 15.0 Å². The molecule has 0 aliphatic carbocycles. The van der Waals surface area contributed by atoms with E-state index in [1.54, 1.807) is 6.07 Å². The number of H-pyrrole nitrogens is 1. The van der Waals surface area contributed by atoms with E-state index in [0.717, 1.165) is 18.2 Å². The van der Waals surface area contributed by atoms with Gasteiger partial charge >= 0.3 is 19.2 Å². The largest absolute Gasteiger partial charge is 0.478 e. The first-order valence-corrected chi connectivity index (χ1v) is 8.61. The minimum atomic E-state index is -3.34. The van der Waals surface area contributed by atoms with Crippen LogP contribution in [0.1, 0.15) is 21.7 Å². The molecule has 0 atom stereocenters. The summed E-state index contributed by atoms with van der Waals surface area (Å²) >= 11 is 0. The second-order valence-electron chi connectivity index (χ2n) is 6.06. The maximum Gasteiger partial charge on any atom is 0.387 e. The predicted molar refractivity (Wildman–Crippen MR) is 103 cm³/mol. The number of aromatic carboxylic acids is 1. The molecule has 0 bridgehead atoms. The van der Waals surface area contributed by atoms with E-state index in [1.165, 1.54) is 24.3 Å². The topological polar surface area (TPSA) is 125 Å². The van der Waals surface area contributed by atoms with E-state index >= 15 is 0 Å². The van der Waals surface area contributed by atoms with Gasteiger partial charge in [-0.1, -0.05) is 12.1 Å². The number of hydrogen-bond donors (Lipinski definition) is 2. The van der Waals surface area contributed by atoms with E-state index in [2.05, 4.69) is 19.4 Å². The van der Waals surface area contributed by atoms with Crippen LogP contribution in [0.2, 0.25) is 0 Å². The number of ether oxygens (including phenoxy) is 2. The van der Waals surface area contributed by atoms with Crippen LogP contribution in [0, 0.1) is 11.3 Å². The summed E-state index contributed by atoms with van der Waals surface area (Å²) in [5.41, 5.74) is -1.33. The average Bonchev–Trinajstić information content (AvgIpc) is 2.72. The van der Waals surface area contributed by atoms with Crippen molar-refractivity contribution in [1.29, 1.82) is 5.26 Å². The molecule has 12 heteroatoms. The smallest absolute Gasteiger partial charge is 0.387 e. The minimum absolute atomic E-state index is 0.0212. The number of benzene rings is 2. The zero-order valence-corrected chi connectivity index (χ0v) is 15.7. The van der Waals surface area contributed by atoms with Gasteiger partial charge in [0.25, 0.3) is 5.56 Å². The normalized spacial score (nSPS) is 11.6. The lowest BCUT2D eigenvalue weighted by Crippen LogP contribution is -2.13. The first kappa shape index (κ1) is 22.3. The van der Waals surface area contributed by atoms with Gasteiger partial charge < -0.3 is 19.6 Å². The monoisotopic (exact) mass is 449 g/mol. The molecule has 3 rings (SSSR count). The fourth-order valence-electron chi connectivity index (χ4n) is 2.80. The Balaban J connectivity index is 2.12. The number of halogens is 4. The number of nitrogens with one attached hydrogen (secondary N) is 1. The molecule has 0 amide bonds. The standard InChI is InChI=1S/C20H11F4N3O5/c21-19(22)31-13-5-4-9(7-14(13)32-20(23)24)6-10(8-25)16-26-15-11(17(28)27-16)2-1-3-12(15)18(29)30/h1-7,19-20H,(H,29,30)(H,26,27,28)/b10-6+. The summed E-state index contributed by atoms with van der Waals surface area (Å²) in [4.78, 5) is 30.1. The summed E-state index contributed by atoms with van der Waals surface area (Å²) in [6.45, 7) is -6.63. The molecule has 164 valence electrons. The third kappa shape index (κ3) is 4.84. The molecule has 8 nitrogen and oxygen atoms in total. The van der Waals surface area contributed by atoms with Crippen LogP contribution in [0.25, 0.3) is 22.6 Å². The zero-order chi connectivity index (χ0) is 23.4.